The fourth-order valence-electron chi connectivity index (χ4n) is 0.843. The number of carbonyl (C=O) groups is 1. The highest BCUT2D eigenvalue weighted by Gasteiger charge is 2.19. The van der Waals surface area contributed by atoms with E-state index >= 15 is 0 Å². The van der Waals surface area contributed by atoms with Gasteiger partial charge in [0, 0.05) is 7.05 Å². The quantitative estimate of drug-likeness (QED) is 0.404. The van der Waals surface area contributed by atoms with Crippen molar-refractivity contribution in [3.05, 3.63) is 0 Å². The van der Waals surface area contributed by atoms with Crippen LogP contribution in [0.25, 0.3) is 0 Å². The first-order valence-corrected chi connectivity index (χ1v) is 2.62. The van der Waals surface area contributed by atoms with E-state index < -0.39 is 0 Å². The molecule has 1 saturated heterocycles. The smallest absolute Gasteiger partial charge is 0.237 e. The Kier molecular flexibility index (Phi) is 2.61. The summed E-state index contributed by atoms with van der Waals surface area (Å²) < 4.78 is 0. The number of carbonyl (C=O) groups excluding carboxylic acids is 1. The Morgan fingerprint density at radius 3 is 2.11 bits per heavy atom. The molecule has 1 amide bonds. The lowest BCUT2D eigenvalue weighted by Gasteiger charge is -2.06. The Morgan fingerprint density at radius 2 is 2.00 bits per heavy atom. The summed E-state index contributed by atoms with van der Waals surface area (Å²) in [7, 11) is 3.74. The van der Waals surface area contributed by atoms with E-state index in [0.29, 0.717) is 6.54 Å². The van der Waals surface area contributed by atoms with Crippen molar-refractivity contribution in [2.45, 2.75) is 0 Å². The van der Waals surface area contributed by atoms with Crippen LogP contribution in [0.4, 0.5) is 0 Å². The summed E-state index contributed by atoms with van der Waals surface area (Å²) in [5, 5.41) is 0. The number of amides is 1. The lowest BCUT2D eigenvalue weighted by atomic mass is 10.6. The molecule has 0 aromatic rings. The number of likely N-dealkylation sites (N-methyl/N-ethyl adjacent to an activating group) is 2. The minimum atomic E-state index is 0. The monoisotopic (exact) mass is 132 g/mol. The van der Waals surface area contributed by atoms with Gasteiger partial charge in [-0.3, -0.25) is 9.69 Å². The molecule has 1 aliphatic heterocycles. The van der Waals surface area contributed by atoms with Gasteiger partial charge in [0.25, 0.3) is 0 Å². The molecule has 0 unspecified atom stereocenters. The average molecular weight is 132 g/mol. The zero-order valence-corrected chi connectivity index (χ0v) is 5.72. The van der Waals surface area contributed by atoms with E-state index in [1.54, 1.807) is 4.90 Å². The zero-order valence-electron chi connectivity index (χ0n) is 5.72. The van der Waals surface area contributed by atoms with Crippen molar-refractivity contribution in [1.29, 1.82) is 0 Å². The molecule has 0 atom stereocenters. The van der Waals surface area contributed by atoms with Crippen LogP contribution in [-0.2, 0) is 4.79 Å². The van der Waals surface area contributed by atoms with Crippen LogP contribution in [0.1, 0.15) is 0 Å². The molecule has 0 radical (unpaired) electrons. The summed E-state index contributed by atoms with van der Waals surface area (Å²) in [6.45, 7) is 1.36. The Balaban J connectivity index is 0.000000640. The van der Waals surface area contributed by atoms with Crippen LogP contribution in [0.2, 0.25) is 0 Å². The molecule has 1 heterocycles. The van der Waals surface area contributed by atoms with Crippen LogP contribution >= 0.6 is 0 Å². The Hall–Kier alpha value is -0.610. The summed E-state index contributed by atoms with van der Waals surface area (Å²) in [5.74, 6) is 0.215. The van der Waals surface area contributed by atoms with Crippen LogP contribution in [0.5, 0.6) is 0 Å². The maximum Gasteiger partial charge on any atom is 0.237 e. The standard InChI is InChI=1S/C5H10N2O.H2O/c1-6-3-5(8)7(2)4-6;/h3-4H2,1-2H3;1H2. The second kappa shape index (κ2) is 2.80. The molecule has 0 bridgehead atoms. The molecule has 1 rings (SSSR count). The van der Waals surface area contributed by atoms with E-state index in [2.05, 4.69) is 0 Å². The topological polar surface area (TPSA) is 55.1 Å². The molecule has 2 N–H and O–H groups in total. The second-order valence-corrected chi connectivity index (χ2v) is 2.25. The molecule has 4 nitrogen and oxygen atoms in total. The molecule has 0 aliphatic carbocycles. The molecule has 0 saturated carbocycles. The molecule has 0 aromatic heterocycles. The average Bonchev–Trinajstić information content (AvgIpc) is 1.85. The van der Waals surface area contributed by atoms with Gasteiger partial charge in [0.1, 0.15) is 0 Å². The van der Waals surface area contributed by atoms with E-state index in [9.17, 15) is 4.79 Å². The third-order valence-corrected chi connectivity index (χ3v) is 1.28. The van der Waals surface area contributed by atoms with Crippen LogP contribution < -0.4 is 0 Å². The molecular weight excluding hydrogens is 120 g/mol. The largest absolute Gasteiger partial charge is 0.412 e. The van der Waals surface area contributed by atoms with Gasteiger partial charge < -0.3 is 10.4 Å². The van der Waals surface area contributed by atoms with Crippen LogP contribution in [0.3, 0.4) is 0 Å². The van der Waals surface area contributed by atoms with Gasteiger partial charge in [-0.1, -0.05) is 0 Å². The highest BCUT2D eigenvalue weighted by Crippen LogP contribution is 1.98. The van der Waals surface area contributed by atoms with Crippen LogP contribution in [0, 0.1) is 0 Å². The van der Waals surface area contributed by atoms with E-state index in [-0.39, 0.29) is 11.4 Å². The van der Waals surface area contributed by atoms with Crippen molar-refractivity contribution >= 4 is 5.91 Å². The van der Waals surface area contributed by atoms with Gasteiger partial charge >= 0.3 is 0 Å². The number of hydrogen-bond donors (Lipinski definition) is 0. The minimum absolute atomic E-state index is 0. The summed E-state index contributed by atoms with van der Waals surface area (Å²) in [5.41, 5.74) is 0. The fourth-order valence-corrected chi connectivity index (χ4v) is 0.843. The molecular formula is C5H12N2O2. The molecule has 0 spiro atoms. The molecule has 9 heavy (non-hydrogen) atoms. The van der Waals surface area contributed by atoms with Gasteiger partial charge in [0.2, 0.25) is 5.91 Å². The Morgan fingerprint density at radius 1 is 1.44 bits per heavy atom. The third-order valence-electron chi connectivity index (χ3n) is 1.28. The predicted octanol–water partition coefficient (Wildman–Crippen LogP) is -1.48. The normalized spacial score (nSPS) is 20.2. The summed E-state index contributed by atoms with van der Waals surface area (Å²) in [6.07, 6.45) is 0. The van der Waals surface area contributed by atoms with Crippen molar-refractivity contribution < 1.29 is 10.3 Å². The van der Waals surface area contributed by atoms with Crippen molar-refractivity contribution in [3.8, 4) is 0 Å². The van der Waals surface area contributed by atoms with Gasteiger partial charge in [-0.15, -0.1) is 0 Å². The van der Waals surface area contributed by atoms with Crippen molar-refractivity contribution in [1.82, 2.24) is 9.80 Å². The lowest BCUT2D eigenvalue weighted by molar-refractivity contribution is -0.125. The van der Waals surface area contributed by atoms with E-state index in [0.717, 1.165) is 6.67 Å². The fraction of sp³-hybridized carbons (Fsp3) is 0.800. The first-order chi connectivity index (χ1) is 3.70. The lowest BCUT2D eigenvalue weighted by Crippen LogP contribution is -2.20. The highest BCUT2D eigenvalue weighted by molar-refractivity contribution is 5.79. The minimum Gasteiger partial charge on any atom is -0.412 e. The van der Waals surface area contributed by atoms with Crippen molar-refractivity contribution in [2.24, 2.45) is 0 Å². The molecule has 54 valence electrons. The summed E-state index contributed by atoms with van der Waals surface area (Å²) >= 11 is 0. The Labute approximate surface area is 54.4 Å². The maximum absolute atomic E-state index is 10.7. The predicted molar refractivity (Wildman–Crippen MR) is 33.9 cm³/mol. The molecule has 1 fully saturated rings. The van der Waals surface area contributed by atoms with Gasteiger partial charge in [0.05, 0.1) is 13.2 Å². The van der Waals surface area contributed by atoms with E-state index in [1.807, 2.05) is 19.0 Å². The zero-order chi connectivity index (χ0) is 6.15. The van der Waals surface area contributed by atoms with Crippen LogP contribution in [-0.4, -0.2) is 48.5 Å². The van der Waals surface area contributed by atoms with E-state index in [1.165, 1.54) is 0 Å². The third kappa shape index (κ3) is 1.65. The molecule has 1 aliphatic rings. The first-order valence-electron chi connectivity index (χ1n) is 2.62. The van der Waals surface area contributed by atoms with E-state index in [4.69, 9.17) is 0 Å². The number of hydrogen-bond acceptors (Lipinski definition) is 2. The van der Waals surface area contributed by atoms with Crippen molar-refractivity contribution in [3.63, 3.8) is 0 Å². The number of rotatable bonds is 0. The van der Waals surface area contributed by atoms with Crippen LogP contribution in [0.15, 0.2) is 0 Å². The van der Waals surface area contributed by atoms with Gasteiger partial charge in [-0.2, -0.15) is 0 Å². The second-order valence-electron chi connectivity index (χ2n) is 2.25. The first kappa shape index (κ1) is 8.39. The van der Waals surface area contributed by atoms with Crippen molar-refractivity contribution in [2.75, 3.05) is 27.3 Å². The van der Waals surface area contributed by atoms with Gasteiger partial charge in [-0.25, -0.2) is 0 Å². The van der Waals surface area contributed by atoms with Gasteiger partial charge in [0.15, 0.2) is 0 Å². The highest BCUT2D eigenvalue weighted by atomic mass is 16.2. The summed E-state index contributed by atoms with van der Waals surface area (Å²) in [4.78, 5) is 14.4. The molecule has 4 heteroatoms. The summed E-state index contributed by atoms with van der Waals surface area (Å²) in [6, 6.07) is 0. The van der Waals surface area contributed by atoms with Gasteiger partial charge in [-0.05, 0) is 7.05 Å². The maximum atomic E-state index is 10.7. The molecule has 0 aromatic carbocycles. The Bertz CT molecular complexity index is 116. The SMILES string of the molecule is CN1CC(=O)N(C)C1.O. The number of nitrogens with zero attached hydrogens (tertiary/aromatic N) is 2.